The molecule has 28 heavy (non-hydrogen) atoms. The maximum absolute atomic E-state index is 12.7. The molecule has 0 aliphatic heterocycles. The summed E-state index contributed by atoms with van der Waals surface area (Å²) < 4.78 is 41.3. The van der Waals surface area contributed by atoms with Gasteiger partial charge in [0, 0.05) is 6.07 Å². The molecule has 0 atom stereocenters. The number of carbonyl (C=O) groups is 1. The van der Waals surface area contributed by atoms with Crippen molar-refractivity contribution < 1.29 is 27.1 Å². The molecule has 0 fully saturated rings. The maximum atomic E-state index is 12.7. The average Bonchev–Trinajstić information content (AvgIpc) is 2.64. The van der Waals surface area contributed by atoms with E-state index in [1.54, 1.807) is 30.3 Å². The van der Waals surface area contributed by atoms with E-state index in [1.165, 1.54) is 12.1 Å². The van der Waals surface area contributed by atoms with Crippen LogP contribution in [0.4, 0.5) is 16.2 Å². The number of anilines is 2. The Bertz CT molecular complexity index is 1190. The molecule has 1 aromatic heterocycles. The first-order valence-corrected chi connectivity index (χ1v) is 9.81. The van der Waals surface area contributed by atoms with E-state index in [4.69, 9.17) is 9.15 Å². The molecule has 0 bridgehead atoms. The van der Waals surface area contributed by atoms with Crippen LogP contribution < -0.4 is 20.2 Å². The lowest BCUT2D eigenvalue weighted by Gasteiger charge is -2.13. The van der Waals surface area contributed by atoms with Crippen LogP contribution in [0, 0.1) is 0 Å². The molecule has 10 heteroatoms. The van der Waals surface area contributed by atoms with Gasteiger partial charge in [0.2, 0.25) is 15.5 Å². The van der Waals surface area contributed by atoms with Gasteiger partial charge in [0.25, 0.3) is 0 Å². The van der Waals surface area contributed by atoms with Gasteiger partial charge in [0.1, 0.15) is 23.3 Å². The zero-order chi connectivity index (χ0) is 20.3. The van der Waals surface area contributed by atoms with E-state index in [2.05, 4.69) is 14.8 Å². The molecule has 146 valence electrons. The molecular formula is C18H16N2O7S. The van der Waals surface area contributed by atoms with E-state index in [1.807, 2.05) is 0 Å². The van der Waals surface area contributed by atoms with E-state index in [-0.39, 0.29) is 28.1 Å². The molecule has 0 aliphatic carbocycles. The molecule has 2 N–H and O–H groups in total. The van der Waals surface area contributed by atoms with Crippen LogP contribution in [-0.4, -0.2) is 27.9 Å². The highest BCUT2D eigenvalue weighted by atomic mass is 32.2. The number of para-hydroxylation sites is 1. The third-order valence-electron chi connectivity index (χ3n) is 3.56. The van der Waals surface area contributed by atoms with Crippen LogP contribution in [0.3, 0.4) is 0 Å². The van der Waals surface area contributed by atoms with Gasteiger partial charge in [-0.3, -0.25) is 14.8 Å². The standard InChI is InChI=1S/C18H16N2O7S/c1-25-18(22)19-14-10-26-15-9-13(20-28(2,23)24)16(8-12(15)17(14)21)27-11-6-4-3-5-7-11/h3-10,20H,1-2H3,(H,19,22). The lowest BCUT2D eigenvalue weighted by Crippen LogP contribution is -2.18. The van der Waals surface area contributed by atoms with Crippen molar-refractivity contribution in [3.8, 4) is 11.5 Å². The summed E-state index contributed by atoms with van der Waals surface area (Å²) in [4.78, 5) is 24.0. The molecule has 0 spiro atoms. The number of hydrogen-bond donors (Lipinski definition) is 2. The topological polar surface area (TPSA) is 124 Å². The van der Waals surface area contributed by atoms with Crippen molar-refractivity contribution in [3.63, 3.8) is 0 Å². The van der Waals surface area contributed by atoms with Crippen LogP contribution in [0.1, 0.15) is 0 Å². The highest BCUT2D eigenvalue weighted by Gasteiger charge is 2.17. The summed E-state index contributed by atoms with van der Waals surface area (Å²) in [6.07, 6.45) is 1.20. The van der Waals surface area contributed by atoms with Gasteiger partial charge in [0.15, 0.2) is 5.75 Å². The van der Waals surface area contributed by atoms with E-state index in [9.17, 15) is 18.0 Å². The minimum Gasteiger partial charge on any atom is -0.462 e. The summed E-state index contributed by atoms with van der Waals surface area (Å²) in [6, 6.07) is 11.3. The predicted octanol–water partition coefficient (Wildman–Crippen LogP) is 3.14. The molecule has 2 aromatic carbocycles. The molecule has 0 saturated carbocycles. The fraction of sp³-hybridized carbons (Fsp3) is 0.111. The van der Waals surface area contributed by atoms with Crippen molar-refractivity contribution >= 4 is 38.5 Å². The monoisotopic (exact) mass is 404 g/mol. The van der Waals surface area contributed by atoms with Gasteiger partial charge in [-0.1, -0.05) is 18.2 Å². The number of fused-ring (bicyclic) bond motifs is 1. The minimum absolute atomic E-state index is 0.0823. The Labute approximate surface area is 159 Å². The van der Waals surface area contributed by atoms with E-state index in [0.717, 1.165) is 19.6 Å². The SMILES string of the molecule is COC(=O)Nc1coc2cc(NS(C)(=O)=O)c(Oc3ccccc3)cc2c1=O. The van der Waals surface area contributed by atoms with Gasteiger partial charge in [-0.2, -0.15) is 0 Å². The van der Waals surface area contributed by atoms with Gasteiger partial charge in [-0.15, -0.1) is 0 Å². The second kappa shape index (κ2) is 7.61. The summed E-state index contributed by atoms with van der Waals surface area (Å²) >= 11 is 0. The molecule has 0 aliphatic rings. The highest BCUT2D eigenvalue weighted by Crippen LogP contribution is 2.34. The Hall–Kier alpha value is -3.53. The van der Waals surface area contributed by atoms with Crippen molar-refractivity contribution in [2.45, 2.75) is 0 Å². The Balaban J connectivity index is 2.15. The van der Waals surface area contributed by atoms with Crippen molar-refractivity contribution in [2.24, 2.45) is 0 Å². The number of rotatable bonds is 5. The highest BCUT2D eigenvalue weighted by molar-refractivity contribution is 7.92. The van der Waals surface area contributed by atoms with E-state index in [0.29, 0.717) is 5.75 Å². The van der Waals surface area contributed by atoms with Crippen LogP contribution >= 0.6 is 0 Å². The smallest absolute Gasteiger partial charge is 0.411 e. The zero-order valence-electron chi connectivity index (χ0n) is 14.9. The number of sulfonamides is 1. The van der Waals surface area contributed by atoms with Crippen LogP contribution in [-0.2, 0) is 14.8 Å². The summed E-state index contributed by atoms with van der Waals surface area (Å²) in [5, 5.41) is 2.34. The lowest BCUT2D eigenvalue weighted by atomic mass is 10.2. The summed E-state index contributed by atoms with van der Waals surface area (Å²) in [5.74, 6) is 0.526. The molecular weight excluding hydrogens is 388 g/mol. The largest absolute Gasteiger partial charge is 0.462 e. The number of ether oxygens (including phenoxy) is 2. The average molecular weight is 404 g/mol. The van der Waals surface area contributed by atoms with Crippen molar-refractivity contribution in [1.82, 2.24) is 0 Å². The Morgan fingerprint density at radius 2 is 1.82 bits per heavy atom. The van der Waals surface area contributed by atoms with Crippen LogP contribution in [0.5, 0.6) is 11.5 Å². The van der Waals surface area contributed by atoms with Gasteiger partial charge < -0.3 is 13.9 Å². The summed E-state index contributed by atoms with van der Waals surface area (Å²) in [7, 11) is -2.46. The predicted molar refractivity (Wildman–Crippen MR) is 103 cm³/mol. The molecule has 0 radical (unpaired) electrons. The third-order valence-corrected chi connectivity index (χ3v) is 4.15. The number of carbonyl (C=O) groups excluding carboxylic acids is 1. The first kappa shape index (κ1) is 19.2. The molecule has 9 nitrogen and oxygen atoms in total. The number of amides is 1. The lowest BCUT2D eigenvalue weighted by molar-refractivity contribution is 0.187. The Kier molecular flexibility index (Phi) is 5.23. The number of benzene rings is 2. The van der Waals surface area contributed by atoms with E-state index >= 15 is 0 Å². The Morgan fingerprint density at radius 1 is 1.11 bits per heavy atom. The maximum Gasteiger partial charge on any atom is 0.411 e. The number of hydrogen-bond acceptors (Lipinski definition) is 7. The van der Waals surface area contributed by atoms with Crippen LogP contribution in [0.2, 0.25) is 0 Å². The summed E-state index contributed by atoms with van der Waals surface area (Å²) in [5.41, 5.74) is -0.480. The molecule has 0 saturated heterocycles. The van der Waals surface area contributed by atoms with Crippen molar-refractivity contribution in [1.29, 1.82) is 0 Å². The van der Waals surface area contributed by atoms with E-state index < -0.39 is 21.5 Å². The van der Waals surface area contributed by atoms with Gasteiger partial charge >= 0.3 is 6.09 Å². The number of methoxy groups -OCH3 is 1. The fourth-order valence-corrected chi connectivity index (χ4v) is 2.94. The second-order valence-corrected chi connectivity index (χ2v) is 7.48. The van der Waals surface area contributed by atoms with Crippen molar-refractivity contribution in [3.05, 3.63) is 59.0 Å². The second-order valence-electron chi connectivity index (χ2n) is 5.73. The molecule has 1 amide bonds. The third kappa shape index (κ3) is 4.41. The van der Waals surface area contributed by atoms with Crippen LogP contribution in [0.15, 0.2) is 57.9 Å². The van der Waals surface area contributed by atoms with Crippen LogP contribution in [0.25, 0.3) is 11.0 Å². The zero-order valence-corrected chi connectivity index (χ0v) is 15.7. The summed E-state index contributed by atoms with van der Waals surface area (Å²) in [6.45, 7) is 0. The Morgan fingerprint density at radius 3 is 2.46 bits per heavy atom. The minimum atomic E-state index is -3.62. The first-order chi connectivity index (χ1) is 13.3. The van der Waals surface area contributed by atoms with Gasteiger partial charge in [0.05, 0.1) is 24.4 Å². The molecule has 1 heterocycles. The fourth-order valence-electron chi connectivity index (χ4n) is 2.38. The van der Waals surface area contributed by atoms with Crippen molar-refractivity contribution in [2.75, 3.05) is 23.4 Å². The molecule has 3 aromatic rings. The van der Waals surface area contributed by atoms with Gasteiger partial charge in [-0.25, -0.2) is 13.2 Å². The molecule has 3 rings (SSSR count). The van der Waals surface area contributed by atoms with Gasteiger partial charge in [-0.05, 0) is 18.2 Å². The normalized spacial score (nSPS) is 11.1. The quantitative estimate of drug-likeness (QED) is 0.669. The first-order valence-electron chi connectivity index (χ1n) is 7.92. The number of nitrogens with one attached hydrogen (secondary N) is 2. The molecule has 0 unspecified atom stereocenters.